The number of nitriles is 2. The van der Waals surface area contributed by atoms with Crippen molar-refractivity contribution < 1.29 is 0 Å². The van der Waals surface area contributed by atoms with E-state index in [0.29, 0.717) is 17.5 Å². The van der Waals surface area contributed by atoms with Crippen LogP contribution in [-0.4, -0.2) is 0 Å². The average molecular weight is 216 g/mol. The maximum absolute atomic E-state index is 9.09. The molecule has 0 bridgehead atoms. The van der Waals surface area contributed by atoms with Gasteiger partial charge in [-0.05, 0) is 34.4 Å². The van der Waals surface area contributed by atoms with Gasteiger partial charge < -0.3 is 0 Å². The van der Waals surface area contributed by atoms with E-state index < -0.39 is 0 Å². The Morgan fingerprint density at radius 2 is 1.24 bits per heavy atom. The van der Waals surface area contributed by atoms with Crippen LogP contribution in [0.5, 0.6) is 0 Å². The Bertz CT molecular complexity index is 638. The molecule has 0 unspecified atom stereocenters. The van der Waals surface area contributed by atoms with Crippen LogP contribution in [0.25, 0.3) is 11.1 Å². The number of nitrogens with zero attached hydrogens (tertiary/aromatic N) is 2. The molecule has 0 N–H and O–H groups in total. The van der Waals surface area contributed by atoms with Gasteiger partial charge in [0.1, 0.15) is 0 Å². The van der Waals surface area contributed by atoms with Crippen molar-refractivity contribution in [3.05, 3.63) is 58.7 Å². The van der Waals surface area contributed by atoms with Crippen molar-refractivity contribution in [2.24, 2.45) is 0 Å². The smallest absolute Gasteiger partial charge is 0.0994 e. The summed E-state index contributed by atoms with van der Waals surface area (Å²) in [5, 5.41) is 18.2. The molecular formula is C15H8N2. The molecule has 1 aliphatic carbocycles. The van der Waals surface area contributed by atoms with Gasteiger partial charge >= 0.3 is 0 Å². The second-order valence-electron chi connectivity index (χ2n) is 4.06. The molecule has 3 rings (SSSR count). The standard InChI is InChI=1S/C15H8N2/c16-8-10-3-1-5-12-13-6-2-4-11(9-17)15(13)7-14(10)12/h1-6H,7H2. The molecule has 0 saturated carbocycles. The van der Waals surface area contributed by atoms with Gasteiger partial charge in [0.25, 0.3) is 0 Å². The van der Waals surface area contributed by atoms with Gasteiger partial charge in [-0.25, -0.2) is 0 Å². The molecule has 0 heterocycles. The van der Waals surface area contributed by atoms with Gasteiger partial charge in [-0.1, -0.05) is 24.3 Å². The lowest BCUT2D eigenvalue weighted by Crippen LogP contribution is -1.88. The Morgan fingerprint density at radius 3 is 1.65 bits per heavy atom. The van der Waals surface area contributed by atoms with E-state index in [9.17, 15) is 0 Å². The zero-order valence-corrected chi connectivity index (χ0v) is 9.07. The minimum Gasteiger partial charge on any atom is -0.192 e. The lowest BCUT2D eigenvalue weighted by molar-refractivity contribution is 1.23. The number of fused-ring (bicyclic) bond motifs is 3. The van der Waals surface area contributed by atoms with Gasteiger partial charge in [0.2, 0.25) is 0 Å². The molecule has 0 fully saturated rings. The van der Waals surface area contributed by atoms with Gasteiger partial charge in [-0.15, -0.1) is 0 Å². The fraction of sp³-hybridized carbons (Fsp3) is 0.0667. The molecule has 2 aromatic rings. The van der Waals surface area contributed by atoms with Crippen LogP contribution in [0.15, 0.2) is 36.4 Å². The molecule has 0 radical (unpaired) electrons. The Labute approximate surface area is 99.4 Å². The van der Waals surface area contributed by atoms with Crippen LogP contribution in [0.4, 0.5) is 0 Å². The molecule has 0 spiro atoms. The van der Waals surface area contributed by atoms with Crippen LogP contribution < -0.4 is 0 Å². The number of rotatable bonds is 0. The zero-order valence-electron chi connectivity index (χ0n) is 9.07. The van der Waals surface area contributed by atoms with E-state index in [4.69, 9.17) is 10.5 Å². The molecular weight excluding hydrogens is 208 g/mol. The highest BCUT2D eigenvalue weighted by Gasteiger charge is 2.22. The molecule has 1 aliphatic rings. The summed E-state index contributed by atoms with van der Waals surface area (Å²) in [4.78, 5) is 0. The van der Waals surface area contributed by atoms with Crippen LogP contribution in [0.1, 0.15) is 22.3 Å². The summed E-state index contributed by atoms with van der Waals surface area (Å²) in [6.07, 6.45) is 0.693. The summed E-state index contributed by atoms with van der Waals surface area (Å²) in [5.74, 6) is 0. The quantitative estimate of drug-likeness (QED) is 0.580. The highest BCUT2D eigenvalue weighted by molar-refractivity contribution is 5.80. The summed E-state index contributed by atoms with van der Waals surface area (Å²) < 4.78 is 0. The summed E-state index contributed by atoms with van der Waals surface area (Å²) in [7, 11) is 0. The van der Waals surface area contributed by atoms with Crippen LogP contribution in [-0.2, 0) is 6.42 Å². The first-order valence-corrected chi connectivity index (χ1v) is 5.39. The molecule has 0 atom stereocenters. The second-order valence-corrected chi connectivity index (χ2v) is 4.06. The Kier molecular flexibility index (Phi) is 1.97. The molecule has 17 heavy (non-hydrogen) atoms. The highest BCUT2D eigenvalue weighted by atomic mass is 14.3. The summed E-state index contributed by atoms with van der Waals surface area (Å²) in [6.45, 7) is 0. The van der Waals surface area contributed by atoms with E-state index >= 15 is 0 Å². The van der Waals surface area contributed by atoms with E-state index in [0.717, 1.165) is 22.3 Å². The van der Waals surface area contributed by atoms with E-state index in [1.807, 2.05) is 36.4 Å². The molecule has 0 amide bonds. The molecule has 78 valence electrons. The molecule has 2 aromatic carbocycles. The Balaban J connectivity index is 2.32. The first-order chi connectivity index (χ1) is 8.35. The molecule has 2 heteroatoms. The Morgan fingerprint density at radius 1 is 0.765 bits per heavy atom. The molecule has 0 aromatic heterocycles. The van der Waals surface area contributed by atoms with E-state index in [2.05, 4.69) is 12.1 Å². The first-order valence-electron chi connectivity index (χ1n) is 5.39. The maximum Gasteiger partial charge on any atom is 0.0994 e. The summed E-state index contributed by atoms with van der Waals surface area (Å²) in [5.41, 5.74) is 5.71. The predicted molar refractivity (Wildman–Crippen MR) is 64.1 cm³/mol. The van der Waals surface area contributed by atoms with E-state index in [-0.39, 0.29) is 0 Å². The fourth-order valence-corrected chi connectivity index (χ4v) is 2.45. The van der Waals surface area contributed by atoms with Crippen LogP contribution in [0, 0.1) is 22.7 Å². The van der Waals surface area contributed by atoms with Crippen LogP contribution in [0.3, 0.4) is 0 Å². The normalized spacial score (nSPS) is 11.2. The van der Waals surface area contributed by atoms with Crippen molar-refractivity contribution in [2.45, 2.75) is 6.42 Å². The van der Waals surface area contributed by atoms with Crippen molar-refractivity contribution in [1.29, 1.82) is 10.5 Å². The van der Waals surface area contributed by atoms with Crippen molar-refractivity contribution in [1.82, 2.24) is 0 Å². The Hall–Kier alpha value is -2.58. The number of benzene rings is 2. The van der Waals surface area contributed by atoms with Gasteiger partial charge in [0, 0.05) is 6.42 Å². The van der Waals surface area contributed by atoms with Gasteiger partial charge in [-0.3, -0.25) is 0 Å². The third kappa shape index (κ3) is 1.25. The molecule has 2 nitrogen and oxygen atoms in total. The monoisotopic (exact) mass is 216 g/mol. The number of hydrogen-bond donors (Lipinski definition) is 0. The van der Waals surface area contributed by atoms with Gasteiger partial charge in [0.05, 0.1) is 23.3 Å². The highest BCUT2D eigenvalue weighted by Crippen LogP contribution is 2.39. The first kappa shape index (κ1) is 9.63. The predicted octanol–water partition coefficient (Wildman–Crippen LogP) is 3.00. The van der Waals surface area contributed by atoms with E-state index in [1.165, 1.54) is 0 Å². The van der Waals surface area contributed by atoms with Gasteiger partial charge in [-0.2, -0.15) is 10.5 Å². The fourth-order valence-electron chi connectivity index (χ4n) is 2.45. The number of hydrogen-bond acceptors (Lipinski definition) is 2. The minimum atomic E-state index is 0.693. The third-order valence-corrected chi connectivity index (χ3v) is 3.24. The molecule has 0 saturated heterocycles. The lowest BCUT2D eigenvalue weighted by atomic mass is 10.0. The third-order valence-electron chi connectivity index (χ3n) is 3.24. The van der Waals surface area contributed by atoms with Crippen molar-refractivity contribution in [3.8, 4) is 23.3 Å². The second kappa shape index (κ2) is 3.47. The maximum atomic E-state index is 9.09. The molecule has 0 aliphatic heterocycles. The SMILES string of the molecule is N#Cc1cccc2c1Cc1c(C#N)cccc1-2. The van der Waals surface area contributed by atoms with Crippen molar-refractivity contribution in [3.63, 3.8) is 0 Å². The summed E-state index contributed by atoms with van der Waals surface area (Å²) >= 11 is 0. The van der Waals surface area contributed by atoms with Crippen LogP contribution in [0.2, 0.25) is 0 Å². The lowest BCUT2D eigenvalue weighted by Gasteiger charge is -2.01. The van der Waals surface area contributed by atoms with Crippen molar-refractivity contribution in [2.75, 3.05) is 0 Å². The minimum absolute atomic E-state index is 0.693. The largest absolute Gasteiger partial charge is 0.192 e. The summed E-state index contributed by atoms with van der Waals surface area (Å²) in [6, 6.07) is 15.9. The zero-order chi connectivity index (χ0) is 11.8. The van der Waals surface area contributed by atoms with Crippen molar-refractivity contribution >= 4 is 0 Å². The topological polar surface area (TPSA) is 47.6 Å². The van der Waals surface area contributed by atoms with Crippen LogP contribution >= 0.6 is 0 Å². The van der Waals surface area contributed by atoms with Gasteiger partial charge in [0.15, 0.2) is 0 Å². The average Bonchev–Trinajstić information content (AvgIpc) is 2.77. The van der Waals surface area contributed by atoms with E-state index in [1.54, 1.807) is 0 Å².